The van der Waals surface area contributed by atoms with Crippen LogP contribution in [-0.2, 0) is 6.42 Å². The maximum atomic E-state index is 5.76. The number of anilines is 2. The molecule has 2 aromatic heterocycles. The van der Waals surface area contributed by atoms with Gasteiger partial charge >= 0.3 is 6.01 Å². The minimum atomic E-state index is 0.367. The molecule has 27 heavy (non-hydrogen) atoms. The molecule has 136 valence electrons. The Hall–Kier alpha value is -2.99. The summed E-state index contributed by atoms with van der Waals surface area (Å²) in [6.45, 7) is 6.01. The molecule has 0 unspecified atom stereocenters. The van der Waals surface area contributed by atoms with Gasteiger partial charge < -0.3 is 10.1 Å². The first-order valence-corrected chi connectivity index (χ1v) is 9.67. The first-order valence-electron chi connectivity index (χ1n) is 8.86. The SMILES string of the molecule is CCc1ccc2nc(Nc3ccc(Oc4nc(C)cc(C)n4)cc3)sc2c1. The van der Waals surface area contributed by atoms with Gasteiger partial charge in [-0.2, -0.15) is 0 Å². The van der Waals surface area contributed by atoms with Crippen LogP contribution in [0.3, 0.4) is 0 Å². The van der Waals surface area contributed by atoms with Gasteiger partial charge in [-0.1, -0.05) is 24.3 Å². The minimum absolute atomic E-state index is 0.367. The molecule has 0 fully saturated rings. The van der Waals surface area contributed by atoms with Gasteiger partial charge in [0.1, 0.15) is 5.75 Å². The van der Waals surface area contributed by atoms with E-state index in [1.807, 2.05) is 44.2 Å². The second-order valence-electron chi connectivity index (χ2n) is 6.36. The second kappa shape index (κ2) is 7.32. The van der Waals surface area contributed by atoms with Crippen LogP contribution >= 0.6 is 11.3 Å². The van der Waals surface area contributed by atoms with Crippen LogP contribution in [0.1, 0.15) is 23.9 Å². The molecule has 2 aromatic carbocycles. The fourth-order valence-corrected chi connectivity index (χ4v) is 3.77. The van der Waals surface area contributed by atoms with Crippen LogP contribution in [0.15, 0.2) is 48.5 Å². The van der Waals surface area contributed by atoms with Crippen LogP contribution in [-0.4, -0.2) is 15.0 Å². The summed E-state index contributed by atoms with van der Waals surface area (Å²) < 4.78 is 6.95. The Morgan fingerprint density at radius 3 is 2.37 bits per heavy atom. The predicted octanol–water partition coefficient (Wildman–Crippen LogP) is 5.80. The number of aryl methyl sites for hydroxylation is 3. The van der Waals surface area contributed by atoms with E-state index in [0.717, 1.165) is 34.1 Å². The lowest BCUT2D eigenvalue weighted by molar-refractivity contribution is 0.439. The third-order valence-electron chi connectivity index (χ3n) is 4.14. The Kier molecular flexibility index (Phi) is 4.73. The smallest absolute Gasteiger partial charge is 0.322 e. The lowest BCUT2D eigenvalue weighted by Crippen LogP contribution is -1.96. The zero-order chi connectivity index (χ0) is 18.8. The summed E-state index contributed by atoms with van der Waals surface area (Å²) in [5.41, 5.74) is 5.08. The van der Waals surface area contributed by atoms with Crippen molar-refractivity contribution in [3.63, 3.8) is 0 Å². The van der Waals surface area contributed by atoms with Gasteiger partial charge in [0, 0.05) is 17.1 Å². The van der Waals surface area contributed by atoms with Gasteiger partial charge in [0.15, 0.2) is 5.13 Å². The normalized spacial score (nSPS) is 10.9. The Bertz CT molecular complexity index is 1070. The number of aromatic nitrogens is 3. The molecule has 0 radical (unpaired) electrons. The molecule has 0 spiro atoms. The lowest BCUT2D eigenvalue weighted by Gasteiger charge is -2.07. The summed E-state index contributed by atoms with van der Waals surface area (Å²) in [6, 6.07) is 16.4. The summed E-state index contributed by atoms with van der Waals surface area (Å²) in [6.07, 6.45) is 1.03. The Labute approximate surface area is 162 Å². The van der Waals surface area contributed by atoms with Crippen molar-refractivity contribution in [1.82, 2.24) is 15.0 Å². The second-order valence-corrected chi connectivity index (χ2v) is 7.39. The highest BCUT2D eigenvalue weighted by molar-refractivity contribution is 7.22. The lowest BCUT2D eigenvalue weighted by atomic mass is 10.2. The monoisotopic (exact) mass is 376 g/mol. The summed E-state index contributed by atoms with van der Waals surface area (Å²) in [5.74, 6) is 0.697. The average molecular weight is 376 g/mol. The van der Waals surface area contributed by atoms with Gasteiger partial charge in [-0.05, 0) is 68.3 Å². The van der Waals surface area contributed by atoms with Gasteiger partial charge in [0.05, 0.1) is 10.2 Å². The van der Waals surface area contributed by atoms with E-state index in [2.05, 4.69) is 45.4 Å². The van der Waals surface area contributed by atoms with Crippen molar-refractivity contribution in [3.05, 3.63) is 65.5 Å². The maximum Gasteiger partial charge on any atom is 0.322 e. The highest BCUT2D eigenvalue weighted by atomic mass is 32.1. The minimum Gasteiger partial charge on any atom is -0.424 e. The summed E-state index contributed by atoms with van der Waals surface area (Å²) >= 11 is 1.66. The van der Waals surface area contributed by atoms with Crippen LogP contribution in [0.5, 0.6) is 11.8 Å². The number of benzene rings is 2. The molecule has 4 aromatic rings. The molecular weight excluding hydrogens is 356 g/mol. The van der Waals surface area contributed by atoms with Crippen molar-refractivity contribution in [3.8, 4) is 11.8 Å². The van der Waals surface area contributed by atoms with Crippen molar-refractivity contribution in [1.29, 1.82) is 0 Å². The van der Waals surface area contributed by atoms with Crippen molar-refractivity contribution in [2.24, 2.45) is 0 Å². The number of rotatable bonds is 5. The number of fused-ring (bicyclic) bond motifs is 1. The molecule has 0 atom stereocenters. The molecule has 0 aliphatic carbocycles. The van der Waals surface area contributed by atoms with Gasteiger partial charge in [-0.3, -0.25) is 0 Å². The third kappa shape index (κ3) is 4.06. The van der Waals surface area contributed by atoms with E-state index in [-0.39, 0.29) is 0 Å². The standard InChI is InChI=1S/C21H20N4OS/c1-4-15-5-10-18-19(12-15)27-21(25-18)24-16-6-8-17(9-7-16)26-20-22-13(2)11-14(3)23-20/h5-12H,4H2,1-3H3,(H,24,25). The molecule has 0 aliphatic heterocycles. The summed E-state index contributed by atoms with van der Waals surface area (Å²) in [7, 11) is 0. The van der Waals surface area contributed by atoms with E-state index in [4.69, 9.17) is 4.74 Å². The Morgan fingerprint density at radius 2 is 1.67 bits per heavy atom. The fourth-order valence-electron chi connectivity index (χ4n) is 2.82. The van der Waals surface area contributed by atoms with Crippen molar-refractivity contribution in [2.45, 2.75) is 27.2 Å². The molecule has 1 N–H and O–H groups in total. The number of hydrogen-bond donors (Lipinski definition) is 1. The Balaban J connectivity index is 1.49. The van der Waals surface area contributed by atoms with E-state index >= 15 is 0 Å². The van der Waals surface area contributed by atoms with E-state index in [1.165, 1.54) is 10.3 Å². The molecule has 4 rings (SSSR count). The van der Waals surface area contributed by atoms with Crippen LogP contribution in [0.2, 0.25) is 0 Å². The molecule has 0 saturated carbocycles. The van der Waals surface area contributed by atoms with E-state index in [1.54, 1.807) is 11.3 Å². The van der Waals surface area contributed by atoms with Gasteiger partial charge in [0.2, 0.25) is 0 Å². The van der Waals surface area contributed by atoms with Gasteiger partial charge in [-0.15, -0.1) is 0 Å². The first kappa shape index (κ1) is 17.4. The largest absolute Gasteiger partial charge is 0.424 e. The third-order valence-corrected chi connectivity index (χ3v) is 5.07. The fraction of sp³-hybridized carbons (Fsp3) is 0.190. The highest BCUT2D eigenvalue weighted by Gasteiger charge is 2.06. The molecule has 0 bridgehead atoms. The molecular formula is C21H20N4OS. The van der Waals surface area contributed by atoms with Crippen molar-refractivity contribution in [2.75, 3.05) is 5.32 Å². The number of hydrogen-bond acceptors (Lipinski definition) is 6. The zero-order valence-corrected chi connectivity index (χ0v) is 16.3. The number of thiazole rings is 1. The van der Waals surface area contributed by atoms with E-state index in [9.17, 15) is 0 Å². The van der Waals surface area contributed by atoms with E-state index in [0.29, 0.717) is 11.8 Å². The van der Waals surface area contributed by atoms with Crippen LogP contribution in [0, 0.1) is 13.8 Å². The predicted molar refractivity (Wildman–Crippen MR) is 110 cm³/mol. The van der Waals surface area contributed by atoms with Crippen LogP contribution in [0.25, 0.3) is 10.2 Å². The topological polar surface area (TPSA) is 59.9 Å². The molecule has 2 heterocycles. The molecule has 0 amide bonds. The molecule has 0 aliphatic rings. The Morgan fingerprint density at radius 1 is 0.926 bits per heavy atom. The van der Waals surface area contributed by atoms with Crippen molar-refractivity contribution < 1.29 is 4.74 Å². The quantitative estimate of drug-likeness (QED) is 0.477. The number of ether oxygens (including phenoxy) is 1. The van der Waals surface area contributed by atoms with E-state index < -0.39 is 0 Å². The van der Waals surface area contributed by atoms with Gasteiger partial charge in [0.25, 0.3) is 0 Å². The van der Waals surface area contributed by atoms with Gasteiger partial charge in [-0.25, -0.2) is 15.0 Å². The maximum absolute atomic E-state index is 5.76. The van der Waals surface area contributed by atoms with Crippen molar-refractivity contribution >= 4 is 32.4 Å². The molecule has 6 heteroatoms. The average Bonchev–Trinajstić information content (AvgIpc) is 3.03. The number of nitrogens with one attached hydrogen (secondary N) is 1. The first-order chi connectivity index (χ1) is 13.1. The summed E-state index contributed by atoms with van der Waals surface area (Å²) in [5, 5.41) is 4.24. The van der Waals surface area contributed by atoms with Crippen LogP contribution in [0.4, 0.5) is 10.8 Å². The zero-order valence-electron chi connectivity index (χ0n) is 15.5. The molecule has 5 nitrogen and oxygen atoms in total. The van der Waals surface area contributed by atoms with Crippen LogP contribution < -0.4 is 10.1 Å². The highest BCUT2D eigenvalue weighted by Crippen LogP contribution is 2.30. The number of nitrogens with zero attached hydrogens (tertiary/aromatic N) is 3. The molecule has 0 saturated heterocycles. The summed E-state index contributed by atoms with van der Waals surface area (Å²) in [4.78, 5) is 13.3.